The fourth-order valence-corrected chi connectivity index (χ4v) is 1.08. The van der Waals surface area contributed by atoms with Gasteiger partial charge in [0.25, 0.3) is 0 Å². The lowest BCUT2D eigenvalue weighted by atomic mass is 10.1. The maximum Gasteiger partial charge on any atom is 0.0196 e. The zero-order valence-corrected chi connectivity index (χ0v) is 7.72. The van der Waals surface area contributed by atoms with Crippen LogP contribution in [-0.4, -0.2) is 24.5 Å². The second-order valence-corrected chi connectivity index (χ2v) is 3.24. The quantitative estimate of drug-likeness (QED) is 0.441. The fourth-order valence-electron chi connectivity index (χ4n) is 1.08. The van der Waals surface area contributed by atoms with Gasteiger partial charge >= 0.3 is 0 Å². The van der Waals surface area contributed by atoms with Gasteiger partial charge < -0.3 is 0 Å². The van der Waals surface area contributed by atoms with Gasteiger partial charge in [0.05, 0.1) is 0 Å². The van der Waals surface area contributed by atoms with Gasteiger partial charge in [-0.3, -0.25) is 4.90 Å². The molecule has 11 heavy (non-hydrogen) atoms. The SMILES string of the molecule is C/C=C\C(C)=C(\C)CN1CC1. The first-order chi connectivity index (χ1) is 5.24. The molecule has 1 nitrogen and oxygen atoms in total. The van der Waals surface area contributed by atoms with Gasteiger partial charge in [0.2, 0.25) is 0 Å². The predicted octanol–water partition coefficient (Wildman–Crippen LogP) is 2.21. The molecule has 1 saturated heterocycles. The first-order valence-electron chi connectivity index (χ1n) is 4.25. The normalized spacial score (nSPS) is 20.6. The molecule has 0 unspecified atom stereocenters. The van der Waals surface area contributed by atoms with Crippen LogP contribution in [0.1, 0.15) is 20.8 Å². The molecule has 0 spiro atoms. The largest absolute Gasteiger partial charge is 0.297 e. The Labute approximate surface area is 69.4 Å². The van der Waals surface area contributed by atoms with E-state index in [-0.39, 0.29) is 0 Å². The number of allylic oxidation sites excluding steroid dienone is 3. The fraction of sp³-hybridized carbons (Fsp3) is 0.600. The average Bonchev–Trinajstić information content (AvgIpc) is 2.72. The Kier molecular flexibility index (Phi) is 2.89. The third-order valence-electron chi connectivity index (χ3n) is 2.09. The second kappa shape index (κ2) is 3.72. The van der Waals surface area contributed by atoms with Crippen molar-refractivity contribution in [1.29, 1.82) is 0 Å². The van der Waals surface area contributed by atoms with E-state index in [1.54, 1.807) is 0 Å². The van der Waals surface area contributed by atoms with Crippen molar-refractivity contribution in [3.63, 3.8) is 0 Å². The molecule has 1 aliphatic rings. The third-order valence-corrected chi connectivity index (χ3v) is 2.09. The van der Waals surface area contributed by atoms with E-state index in [4.69, 9.17) is 0 Å². The van der Waals surface area contributed by atoms with E-state index in [1.807, 2.05) is 0 Å². The van der Waals surface area contributed by atoms with Crippen molar-refractivity contribution in [3.05, 3.63) is 23.3 Å². The van der Waals surface area contributed by atoms with Gasteiger partial charge in [-0.1, -0.05) is 23.3 Å². The van der Waals surface area contributed by atoms with Crippen LogP contribution in [0.15, 0.2) is 23.3 Å². The summed E-state index contributed by atoms with van der Waals surface area (Å²) in [6.45, 7) is 10.2. The highest BCUT2D eigenvalue weighted by Gasteiger charge is 2.16. The summed E-state index contributed by atoms with van der Waals surface area (Å²) in [5, 5.41) is 0. The van der Waals surface area contributed by atoms with Crippen molar-refractivity contribution in [3.8, 4) is 0 Å². The topological polar surface area (TPSA) is 3.01 Å². The Hall–Kier alpha value is -0.560. The van der Waals surface area contributed by atoms with Gasteiger partial charge in [0, 0.05) is 19.6 Å². The lowest BCUT2D eigenvalue weighted by Crippen LogP contribution is -2.01. The summed E-state index contributed by atoms with van der Waals surface area (Å²) in [5.74, 6) is 0. The highest BCUT2D eigenvalue weighted by Crippen LogP contribution is 2.11. The Bertz CT molecular complexity index is 185. The molecule has 0 radical (unpaired) electrons. The van der Waals surface area contributed by atoms with Crippen molar-refractivity contribution in [2.45, 2.75) is 20.8 Å². The standard InChI is InChI=1S/C10H17N/c1-4-5-9(2)10(3)8-11-6-7-11/h4-5H,6-8H2,1-3H3/b5-4-,10-9-. The van der Waals surface area contributed by atoms with Crippen LogP contribution in [0, 0.1) is 0 Å². The Morgan fingerprint density at radius 3 is 2.45 bits per heavy atom. The Balaban J connectivity index is 2.45. The maximum atomic E-state index is 2.43. The summed E-state index contributed by atoms with van der Waals surface area (Å²) in [7, 11) is 0. The van der Waals surface area contributed by atoms with Gasteiger partial charge in [0.15, 0.2) is 0 Å². The molecule has 1 rings (SSSR count). The van der Waals surface area contributed by atoms with Crippen molar-refractivity contribution < 1.29 is 0 Å². The predicted molar refractivity (Wildman–Crippen MR) is 49.6 cm³/mol. The molecule has 1 fully saturated rings. The van der Waals surface area contributed by atoms with E-state index in [0.717, 1.165) is 6.54 Å². The number of hydrogen-bond donors (Lipinski definition) is 0. The molecule has 0 amide bonds. The highest BCUT2D eigenvalue weighted by atomic mass is 15.2. The van der Waals surface area contributed by atoms with E-state index in [9.17, 15) is 0 Å². The molecule has 0 atom stereocenters. The zero-order valence-electron chi connectivity index (χ0n) is 7.72. The van der Waals surface area contributed by atoms with Crippen molar-refractivity contribution in [2.24, 2.45) is 0 Å². The van der Waals surface area contributed by atoms with Crippen molar-refractivity contribution in [2.75, 3.05) is 19.6 Å². The van der Waals surface area contributed by atoms with Gasteiger partial charge in [-0.25, -0.2) is 0 Å². The first-order valence-corrected chi connectivity index (χ1v) is 4.25. The van der Waals surface area contributed by atoms with Gasteiger partial charge in [-0.2, -0.15) is 0 Å². The Morgan fingerprint density at radius 1 is 1.36 bits per heavy atom. The van der Waals surface area contributed by atoms with E-state index < -0.39 is 0 Å². The van der Waals surface area contributed by atoms with E-state index in [2.05, 4.69) is 37.8 Å². The molecule has 0 N–H and O–H groups in total. The maximum absolute atomic E-state index is 2.43. The van der Waals surface area contributed by atoms with Crippen LogP contribution in [0.2, 0.25) is 0 Å². The molecule has 1 heterocycles. The minimum Gasteiger partial charge on any atom is -0.297 e. The first kappa shape index (κ1) is 8.54. The van der Waals surface area contributed by atoms with E-state index in [1.165, 1.54) is 24.2 Å². The van der Waals surface area contributed by atoms with Crippen LogP contribution in [0.3, 0.4) is 0 Å². The smallest absolute Gasteiger partial charge is 0.0196 e. The molecule has 0 aromatic heterocycles. The summed E-state index contributed by atoms with van der Waals surface area (Å²) in [4.78, 5) is 2.43. The Morgan fingerprint density at radius 2 is 2.00 bits per heavy atom. The minimum absolute atomic E-state index is 1.16. The average molecular weight is 151 g/mol. The molecule has 1 heteroatoms. The summed E-state index contributed by atoms with van der Waals surface area (Å²) >= 11 is 0. The lowest BCUT2D eigenvalue weighted by molar-refractivity contribution is 0.608. The van der Waals surface area contributed by atoms with Gasteiger partial charge in [0.1, 0.15) is 0 Å². The second-order valence-electron chi connectivity index (χ2n) is 3.24. The number of nitrogens with zero attached hydrogens (tertiary/aromatic N) is 1. The molecule has 0 saturated carbocycles. The molecule has 1 aliphatic heterocycles. The molecular weight excluding hydrogens is 134 g/mol. The molecular formula is C10H17N. The van der Waals surface area contributed by atoms with Crippen LogP contribution in [0.4, 0.5) is 0 Å². The van der Waals surface area contributed by atoms with Crippen LogP contribution in [0.5, 0.6) is 0 Å². The molecule has 0 aliphatic carbocycles. The summed E-state index contributed by atoms with van der Waals surface area (Å²) in [6, 6.07) is 0. The third kappa shape index (κ3) is 2.89. The van der Waals surface area contributed by atoms with Gasteiger partial charge in [-0.15, -0.1) is 0 Å². The van der Waals surface area contributed by atoms with E-state index in [0.29, 0.717) is 0 Å². The monoisotopic (exact) mass is 151 g/mol. The minimum atomic E-state index is 1.16. The van der Waals surface area contributed by atoms with Crippen LogP contribution < -0.4 is 0 Å². The van der Waals surface area contributed by atoms with Crippen LogP contribution in [-0.2, 0) is 0 Å². The number of rotatable bonds is 3. The van der Waals surface area contributed by atoms with Crippen molar-refractivity contribution in [1.82, 2.24) is 4.90 Å². The molecule has 0 bridgehead atoms. The summed E-state index contributed by atoms with van der Waals surface area (Å²) < 4.78 is 0. The molecule has 0 aromatic carbocycles. The molecule has 0 aromatic rings. The summed E-state index contributed by atoms with van der Waals surface area (Å²) in [6.07, 6.45) is 4.28. The highest BCUT2D eigenvalue weighted by molar-refractivity contribution is 5.23. The van der Waals surface area contributed by atoms with Crippen LogP contribution in [0.25, 0.3) is 0 Å². The lowest BCUT2D eigenvalue weighted by Gasteiger charge is -2.03. The number of hydrogen-bond acceptors (Lipinski definition) is 1. The molecule has 62 valence electrons. The van der Waals surface area contributed by atoms with Crippen LogP contribution >= 0.6 is 0 Å². The van der Waals surface area contributed by atoms with Crippen molar-refractivity contribution >= 4 is 0 Å². The van der Waals surface area contributed by atoms with E-state index >= 15 is 0 Å². The summed E-state index contributed by atoms with van der Waals surface area (Å²) in [5.41, 5.74) is 2.92. The van der Waals surface area contributed by atoms with Gasteiger partial charge in [-0.05, 0) is 20.8 Å². The zero-order chi connectivity index (χ0) is 8.27.